The Balaban J connectivity index is 1.20. The Labute approximate surface area is 180 Å². The van der Waals surface area contributed by atoms with Crippen molar-refractivity contribution in [1.82, 2.24) is 19.9 Å². The zero-order valence-electron chi connectivity index (χ0n) is 16.4. The Kier molecular flexibility index (Phi) is 4.92. The van der Waals surface area contributed by atoms with Gasteiger partial charge in [0.05, 0.1) is 21.7 Å². The molecule has 1 amide bonds. The van der Waals surface area contributed by atoms with Crippen LogP contribution in [0.5, 0.6) is 0 Å². The van der Waals surface area contributed by atoms with Crippen molar-refractivity contribution in [2.75, 3.05) is 49.1 Å². The SMILES string of the molecule is O=C(C1CN(c2nc3c(C(F)(F)F)cccc3s2)C1)N1CCN(c2ncccn2)CC1. The molecule has 0 spiro atoms. The first-order chi connectivity index (χ1) is 14.9. The van der Waals surface area contributed by atoms with Gasteiger partial charge in [-0.3, -0.25) is 4.79 Å². The lowest BCUT2D eigenvalue weighted by atomic mass is 9.99. The van der Waals surface area contributed by atoms with Gasteiger partial charge in [-0.05, 0) is 18.2 Å². The quantitative estimate of drug-likeness (QED) is 0.614. The van der Waals surface area contributed by atoms with Gasteiger partial charge in [0, 0.05) is 51.7 Å². The fourth-order valence-electron chi connectivity index (χ4n) is 3.93. The number of alkyl halides is 3. The predicted octanol–water partition coefficient (Wildman–Crippen LogP) is 2.89. The van der Waals surface area contributed by atoms with Gasteiger partial charge >= 0.3 is 6.18 Å². The molecule has 31 heavy (non-hydrogen) atoms. The van der Waals surface area contributed by atoms with Gasteiger partial charge < -0.3 is 14.7 Å². The highest BCUT2D eigenvalue weighted by Crippen LogP contribution is 2.39. The molecule has 2 aliphatic rings. The number of fused-ring (bicyclic) bond motifs is 1. The zero-order chi connectivity index (χ0) is 21.6. The first-order valence-corrected chi connectivity index (χ1v) is 10.7. The molecule has 0 N–H and O–H groups in total. The first kappa shape index (κ1) is 20.0. The standard InChI is InChI=1S/C20H19F3N6OS/c21-20(22,23)14-3-1-4-15-16(14)26-19(31-15)29-11-13(12-29)17(30)27-7-9-28(10-8-27)18-24-5-2-6-25-18/h1-6,13H,7-12H2. The number of halogens is 3. The van der Waals surface area contributed by atoms with Crippen LogP contribution in [0.3, 0.4) is 0 Å². The van der Waals surface area contributed by atoms with Crippen molar-refractivity contribution in [3.63, 3.8) is 0 Å². The number of amides is 1. The van der Waals surface area contributed by atoms with Crippen LogP contribution in [0.25, 0.3) is 10.2 Å². The van der Waals surface area contributed by atoms with Crippen LogP contribution in [0, 0.1) is 5.92 Å². The number of carbonyl (C=O) groups excluding carboxylic acids is 1. The molecule has 5 rings (SSSR count). The van der Waals surface area contributed by atoms with E-state index in [4.69, 9.17) is 0 Å². The largest absolute Gasteiger partial charge is 0.418 e. The molecule has 2 saturated heterocycles. The lowest BCUT2D eigenvalue weighted by Crippen LogP contribution is -2.58. The van der Waals surface area contributed by atoms with E-state index in [1.54, 1.807) is 24.5 Å². The van der Waals surface area contributed by atoms with Crippen LogP contribution in [0.4, 0.5) is 24.3 Å². The summed E-state index contributed by atoms with van der Waals surface area (Å²) in [5.74, 6) is 0.592. The summed E-state index contributed by atoms with van der Waals surface area (Å²) in [5.41, 5.74) is -0.745. The highest BCUT2D eigenvalue weighted by atomic mass is 32.1. The molecular weight excluding hydrogens is 429 g/mol. The number of para-hydroxylation sites is 1. The number of benzene rings is 1. The average Bonchev–Trinajstić information content (AvgIpc) is 3.16. The van der Waals surface area contributed by atoms with Crippen molar-refractivity contribution in [2.45, 2.75) is 6.18 Å². The predicted molar refractivity (Wildman–Crippen MR) is 111 cm³/mol. The average molecular weight is 448 g/mol. The van der Waals surface area contributed by atoms with E-state index in [0.717, 1.165) is 6.07 Å². The number of nitrogens with zero attached hydrogens (tertiary/aromatic N) is 6. The number of aromatic nitrogens is 3. The number of anilines is 2. The fraction of sp³-hybridized carbons (Fsp3) is 0.400. The number of piperazine rings is 1. The van der Waals surface area contributed by atoms with Gasteiger partial charge in [0.2, 0.25) is 11.9 Å². The van der Waals surface area contributed by atoms with Gasteiger partial charge in [0.25, 0.3) is 0 Å². The van der Waals surface area contributed by atoms with E-state index in [1.807, 2.05) is 9.80 Å². The third-order valence-corrected chi connectivity index (χ3v) is 6.72. The molecule has 0 aliphatic carbocycles. The fourth-order valence-corrected chi connectivity index (χ4v) is 4.94. The van der Waals surface area contributed by atoms with Crippen LogP contribution in [-0.2, 0) is 11.0 Å². The highest BCUT2D eigenvalue weighted by Gasteiger charge is 2.39. The smallest absolute Gasteiger partial charge is 0.346 e. The molecule has 1 aromatic carbocycles. The summed E-state index contributed by atoms with van der Waals surface area (Å²) in [5, 5.41) is 0.529. The molecule has 7 nitrogen and oxygen atoms in total. The molecule has 2 aliphatic heterocycles. The van der Waals surface area contributed by atoms with Crippen LogP contribution in [0.2, 0.25) is 0 Å². The van der Waals surface area contributed by atoms with Crippen LogP contribution >= 0.6 is 11.3 Å². The molecule has 3 aromatic rings. The minimum atomic E-state index is -4.44. The lowest BCUT2D eigenvalue weighted by Gasteiger charge is -2.42. The van der Waals surface area contributed by atoms with Gasteiger partial charge in [0.1, 0.15) is 0 Å². The number of carbonyl (C=O) groups is 1. The van der Waals surface area contributed by atoms with E-state index in [1.165, 1.54) is 17.4 Å². The minimum Gasteiger partial charge on any atom is -0.346 e. The Hall–Kier alpha value is -2.95. The van der Waals surface area contributed by atoms with Gasteiger partial charge in [-0.15, -0.1) is 0 Å². The maximum absolute atomic E-state index is 13.2. The summed E-state index contributed by atoms with van der Waals surface area (Å²) in [6, 6.07) is 5.86. The molecule has 11 heteroatoms. The Bertz CT molecular complexity index is 1090. The van der Waals surface area contributed by atoms with Crippen LogP contribution < -0.4 is 9.80 Å². The third kappa shape index (κ3) is 3.78. The van der Waals surface area contributed by atoms with Crippen molar-refractivity contribution in [1.29, 1.82) is 0 Å². The summed E-state index contributed by atoms with van der Waals surface area (Å²) in [6.45, 7) is 3.49. The maximum Gasteiger partial charge on any atom is 0.418 e. The minimum absolute atomic E-state index is 0.0240. The third-order valence-electron chi connectivity index (χ3n) is 5.64. The Morgan fingerprint density at radius 1 is 1.00 bits per heavy atom. The maximum atomic E-state index is 13.2. The van der Waals surface area contributed by atoms with E-state index in [2.05, 4.69) is 19.9 Å². The topological polar surface area (TPSA) is 65.5 Å². The Morgan fingerprint density at radius 2 is 1.71 bits per heavy atom. The summed E-state index contributed by atoms with van der Waals surface area (Å²) in [7, 11) is 0. The second-order valence-electron chi connectivity index (χ2n) is 7.61. The van der Waals surface area contributed by atoms with Crippen molar-refractivity contribution >= 4 is 38.5 Å². The number of thiazole rings is 1. The monoisotopic (exact) mass is 448 g/mol. The van der Waals surface area contributed by atoms with Gasteiger partial charge in [0.15, 0.2) is 5.13 Å². The molecule has 162 valence electrons. The molecule has 2 fully saturated rings. The molecule has 0 bridgehead atoms. The van der Waals surface area contributed by atoms with E-state index >= 15 is 0 Å². The normalized spacial score (nSPS) is 17.8. The van der Waals surface area contributed by atoms with E-state index in [-0.39, 0.29) is 17.3 Å². The molecule has 0 radical (unpaired) electrons. The molecule has 0 unspecified atom stereocenters. The van der Waals surface area contributed by atoms with Crippen molar-refractivity contribution in [2.24, 2.45) is 5.92 Å². The molecule has 4 heterocycles. The summed E-state index contributed by atoms with van der Waals surface area (Å²) in [6.07, 6.45) is -1.05. The van der Waals surface area contributed by atoms with Crippen molar-refractivity contribution < 1.29 is 18.0 Å². The second kappa shape index (κ2) is 7.63. The first-order valence-electron chi connectivity index (χ1n) is 9.92. The lowest BCUT2D eigenvalue weighted by molar-refractivity contribution is -0.137. The summed E-state index contributed by atoms with van der Waals surface area (Å²) in [4.78, 5) is 31.3. The summed E-state index contributed by atoms with van der Waals surface area (Å²) < 4.78 is 40.2. The van der Waals surface area contributed by atoms with Crippen LogP contribution in [0.1, 0.15) is 5.56 Å². The van der Waals surface area contributed by atoms with Crippen molar-refractivity contribution in [3.8, 4) is 0 Å². The van der Waals surface area contributed by atoms with Gasteiger partial charge in [-0.1, -0.05) is 17.4 Å². The molecular formula is C20H19F3N6OS. The molecule has 2 aromatic heterocycles. The number of hydrogen-bond donors (Lipinski definition) is 0. The number of hydrogen-bond acceptors (Lipinski definition) is 7. The van der Waals surface area contributed by atoms with Gasteiger partial charge in [-0.25, -0.2) is 15.0 Å². The van der Waals surface area contributed by atoms with E-state index in [9.17, 15) is 18.0 Å². The van der Waals surface area contributed by atoms with E-state index < -0.39 is 11.7 Å². The Morgan fingerprint density at radius 3 is 2.39 bits per heavy atom. The summed E-state index contributed by atoms with van der Waals surface area (Å²) >= 11 is 1.23. The zero-order valence-corrected chi connectivity index (χ0v) is 17.2. The molecule has 0 saturated carbocycles. The highest BCUT2D eigenvalue weighted by molar-refractivity contribution is 7.22. The van der Waals surface area contributed by atoms with Gasteiger partial charge in [-0.2, -0.15) is 13.2 Å². The second-order valence-corrected chi connectivity index (χ2v) is 8.62. The van der Waals surface area contributed by atoms with Crippen molar-refractivity contribution in [3.05, 3.63) is 42.2 Å². The van der Waals surface area contributed by atoms with E-state index in [0.29, 0.717) is 55.0 Å². The van der Waals surface area contributed by atoms with Crippen LogP contribution in [-0.4, -0.2) is 65.0 Å². The number of rotatable bonds is 3. The molecule has 0 atom stereocenters. The van der Waals surface area contributed by atoms with Crippen LogP contribution in [0.15, 0.2) is 36.7 Å².